The maximum atomic E-state index is 12.1. The van der Waals surface area contributed by atoms with E-state index in [1.807, 2.05) is 9.80 Å². The second kappa shape index (κ2) is 8.15. The molecule has 1 aliphatic heterocycles. The summed E-state index contributed by atoms with van der Waals surface area (Å²) in [6.45, 7) is 9.58. The van der Waals surface area contributed by atoms with Gasteiger partial charge in [0.2, 0.25) is 11.8 Å². The first-order chi connectivity index (χ1) is 9.00. The summed E-state index contributed by atoms with van der Waals surface area (Å²) < 4.78 is 0. The Morgan fingerprint density at radius 2 is 1.74 bits per heavy atom. The van der Waals surface area contributed by atoms with Gasteiger partial charge in [-0.2, -0.15) is 0 Å². The molecule has 2 amide bonds. The molecule has 1 saturated heterocycles. The van der Waals surface area contributed by atoms with Crippen LogP contribution in [0.25, 0.3) is 0 Å². The van der Waals surface area contributed by atoms with Crippen molar-refractivity contribution in [3.8, 4) is 0 Å². The lowest BCUT2D eigenvalue weighted by Gasteiger charge is -2.21. The van der Waals surface area contributed by atoms with Gasteiger partial charge in [0, 0.05) is 45.6 Å². The molecule has 0 bridgehead atoms. The van der Waals surface area contributed by atoms with Gasteiger partial charge in [-0.1, -0.05) is 13.8 Å². The third-order valence-electron chi connectivity index (χ3n) is 3.41. The zero-order valence-electron chi connectivity index (χ0n) is 12.4. The van der Waals surface area contributed by atoms with Crippen LogP contribution < -0.4 is 5.32 Å². The van der Waals surface area contributed by atoms with E-state index in [1.165, 1.54) is 0 Å². The van der Waals surface area contributed by atoms with Crippen LogP contribution in [-0.4, -0.2) is 60.4 Å². The van der Waals surface area contributed by atoms with Gasteiger partial charge in [-0.3, -0.25) is 9.59 Å². The highest BCUT2D eigenvalue weighted by atomic mass is 16.2. The van der Waals surface area contributed by atoms with Gasteiger partial charge in [-0.15, -0.1) is 0 Å². The first-order valence-corrected chi connectivity index (χ1v) is 7.27. The number of nitrogens with zero attached hydrogens (tertiary/aromatic N) is 2. The second-order valence-electron chi connectivity index (χ2n) is 5.45. The summed E-state index contributed by atoms with van der Waals surface area (Å²) in [4.78, 5) is 27.1. The van der Waals surface area contributed by atoms with E-state index in [2.05, 4.69) is 19.2 Å². The van der Waals surface area contributed by atoms with Gasteiger partial charge < -0.3 is 15.1 Å². The minimum Gasteiger partial charge on any atom is -0.341 e. The minimum atomic E-state index is 0.107. The lowest BCUT2D eigenvalue weighted by Crippen LogP contribution is -2.36. The molecule has 5 nitrogen and oxygen atoms in total. The molecular weight excluding hydrogens is 242 g/mol. The predicted molar refractivity (Wildman–Crippen MR) is 75.8 cm³/mol. The van der Waals surface area contributed by atoms with Crippen molar-refractivity contribution < 1.29 is 9.59 Å². The van der Waals surface area contributed by atoms with Crippen LogP contribution in [0.15, 0.2) is 0 Å². The zero-order valence-corrected chi connectivity index (χ0v) is 12.4. The molecule has 1 rings (SSSR count). The summed E-state index contributed by atoms with van der Waals surface area (Å²) in [6, 6.07) is 0.470. The van der Waals surface area contributed by atoms with Crippen LogP contribution in [0.4, 0.5) is 0 Å². The molecule has 19 heavy (non-hydrogen) atoms. The first-order valence-electron chi connectivity index (χ1n) is 7.27. The Bertz CT molecular complexity index is 305. The van der Waals surface area contributed by atoms with E-state index >= 15 is 0 Å². The van der Waals surface area contributed by atoms with Gasteiger partial charge in [0.25, 0.3) is 0 Å². The normalized spacial score (nSPS) is 16.6. The van der Waals surface area contributed by atoms with E-state index in [4.69, 9.17) is 0 Å². The average Bonchev–Trinajstić information content (AvgIpc) is 2.59. The number of carbonyl (C=O) groups is 2. The molecule has 0 spiro atoms. The summed E-state index contributed by atoms with van der Waals surface area (Å²) >= 11 is 0. The molecule has 0 atom stereocenters. The van der Waals surface area contributed by atoms with Crippen LogP contribution in [0.2, 0.25) is 0 Å². The molecule has 1 fully saturated rings. The summed E-state index contributed by atoms with van der Waals surface area (Å²) in [5, 5.41) is 3.31. The number of hydrogen-bond donors (Lipinski definition) is 1. The van der Waals surface area contributed by atoms with Crippen molar-refractivity contribution >= 4 is 11.8 Å². The summed E-state index contributed by atoms with van der Waals surface area (Å²) in [5.41, 5.74) is 0. The van der Waals surface area contributed by atoms with Gasteiger partial charge in [0.05, 0.1) is 0 Å². The Hall–Kier alpha value is -1.10. The third-order valence-corrected chi connectivity index (χ3v) is 3.41. The summed E-state index contributed by atoms with van der Waals surface area (Å²) in [6.07, 6.45) is 2.36. The Labute approximate surface area is 116 Å². The molecule has 0 unspecified atom stereocenters. The average molecular weight is 269 g/mol. The molecule has 1 aliphatic rings. The first kappa shape index (κ1) is 16.0. The van der Waals surface area contributed by atoms with Crippen molar-refractivity contribution in [2.45, 2.75) is 46.1 Å². The van der Waals surface area contributed by atoms with E-state index in [1.54, 1.807) is 6.92 Å². The summed E-state index contributed by atoms with van der Waals surface area (Å²) in [5.74, 6) is 0.325. The Kier molecular flexibility index (Phi) is 6.84. The molecule has 0 radical (unpaired) electrons. The maximum Gasteiger partial charge on any atom is 0.222 e. The molecule has 0 aliphatic carbocycles. The fourth-order valence-electron chi connectivity index (χ4n) is 2.27. The van der Waals surface area contributed by atoms with E-state index in [-0.39, 0.29) is 11.8 Å². The van der Waals surface area contributed by atoms with Crippen molar-refractivity contribution in [2.75, 3.05) is 32.7 Å². The number of hydrogen-bond acceptors (Lipinski definition) is 3. The minimum absolute atomic E-state index is 0.107. The lowest BCUT2D eigenvalue weighted by atomic mass is 10.2. The molecule has 0 saturated carbocycles. The van der Waals surface area contributed by atoms with Gasteiger partial charge in [0.15, 0.2) is 0 Å². The van der Waals surface area contributed by atoms with Crippen LogP contribution in [0, 0.1) is 0 Å². The Morgan fingerprint density at radius 1 is 1.11 bits per heavy atom. The van der Waals surface area contributed by atoms with Crippen molar-refractivity contribution in [1.82, 2.24) is 15.1 Å². The van der Waals surface area contributed by atoms with Crippen LogP contribution in [-0.2, 0) is 9.59 Å². The molecular formula is C14H27N3O2. The Balaban J connectivity index is 2.27. The summed E-state index contributed by atoms with van der Waals surface area (Å²) in [7, 11) is 0. The van der Waals surface area contributed by atoms with Gasteiger partial charge in [0.1, 0.15) is 0 Å². The van der Waals surface area contributed by atoms with E-state index in [9.17, 15) is 9.59 Å². The molecule has 0 aromatic carbocycles. The maximum absolute atomic E-state index is 12.1. The van der Waals surface area contributed by atoms with E-state index < -0.39 is 0 Å². The van der Waals surface area contributed by atoms with Gasteiger partial charge >= 0.3 is 0 Å². The molecule has 0 aromatic heterocycles. The zero-order chi connectivity index (χ0) is 14.3. The molecule has 110 valence electrons. The molecule has 5 heteroatoms. The van der Waals surface area contributed by atoms with Crippen molar-refractivity contribution in [3.63, 3.8) is 0 Å². The Morgan fingerprint density at radius 3 is 2.37 bits per heavy atom. The number of rotatable bonds is 5. The van der Waals surface area contributed by atoms with Crippen molar-refractivity contribution in [2.24, 2.45) is 0 Å². The second-order valence-corrected chi connectivity index (χ2v) is 5.45. The highest BCUT2D eigenvalue weighted by molar-refractivity contribution is 5.76. The fourth-order valence-corrected chi connectivity index (χ4v) is 2.27. The topological polar surface area (TPSA) is 52.7 Å². The SMILES string of the molecule is CC(=O)N1CCCN(C(=O)CCCNC(C)C)CC1. The highest BCUT2D eigenvalue weighted by Gasteiger charge is 2.19. The van der Waals surface area contributed by atoms with E-state index in [0.717, 1.165) is 32.5 Å². The predicted octanol–water partition coefficient (Wildman–Crippen LogP) is 0.845. The van der Waals surface area contributed by atoms with Gasteiger partial charge in [-0.05, 0) is 19.4 Å². The number of nitrogens with one attached hydrogen (secondary N) is 1. The van der Waals surface area contributed by atoms with Crippen LogP contribution in [0.3, 0.4) is 0 Å². The molecule has 1 heterocycles. The number of carbonyl (C=O) groups excluding carboxylic acids is 2. The number of amides is 2. The van der Waals surface area contributed by atoms with Gasteiger partial charge in [-0.25, -0.2) is 0 Å². The quantitative estimate of drug-likeness (QED) is 0.753. The van der Waals surface area contributed by atoms with Crippen LogP contribution in [0.5, 0.6) is 0 Å². The molecule has 1 N–H and O–H groups in total. The smallest absolute Gasteiger partial charge is 0.222 e. The third kappa shape index (κ3) is 6.05. The van der Waals surface area contributed by atoms with Crippen molar-refractivity contribution in [1.29, 1.82) is 0 Å². The van der Waals surface area contributed by atoms with Crippen molar-refractivity contribution in [3.05, 3.63) is 0 Å². The largest absolute Gasteiger partial charge is 0.341 e. The molecule has 0 aromatic rings. The monoisotopic (exact) mass is 269 g/mol. The lowest BCUT2D eigenvalue weighted by molar-refractivity contribution is -0.132. The van der Waals surface area contributed by atoms with Crippen LogP contribution in [0.1, 0.15) is 40.0 Å². The highest BCUT2D eigenvalue weighted by Crippen LogP contribution is 2.06. The fraction of sp³-hybridized carbons (Fsp3) is 0.857. The van der Waals surface area contributed by atoms with E-state index in [0.29, 0.717) is 25.6 Å². The van der Waals surface area contributed by atoms with Crippen LogP contribution >= 0.6 is 0 Å². The standard InChI is InChI=1S/C14H27N3O2/c1-12(2)15-7-4-6-14(19)17-9-5-8-16(10-11-17)13(3)18/h12,15H,4-11H2,1-3H3.